The summed E-state index contributed by atoms with van der Waals surface area (Å²) in [5, 5.41) is 2.04. The Morgan fingerprint density at radius 3 is 2.89 bits per heavy atom. The molecule has 0 radical (unpaired) electrons. The highest BCUT2D eigenvalue weighted by atomic mass is 32.1. The lowest BCUT2D eigenvalue weighted by Gasteiger charge is -2.20. The average molecular weight is 298 g/mol. The van der Waals surface area contributed by atoms with Gasteiger partial charge < -0.3 is 10.6 Å². The molecule has 0 aliphatic rings. The molecule has 0 saturated carbocycles. The second-order valence-electron chi connectivity index (χ2n) is 3.95. The van der Waals surface area contributed by atoms with Gasteiger partial charge in [-0.25, -0.2) is 0 Å². The van der Waals surface area contributed by atoms with E-state index in [4.69, 9.17) is 18.0 Å². The maximum Gasteiger partial charge on any atom is 0.264 e. The fourth-order valence-electron chi connectivity index (χ4n) is 1.74. The SMILES string of the molecule is CCCN(CC(N)=S)C(=O)c1cc2sccc2s1. The first-order valence-corrected chi connectivity index (χ1v) is 7.77. The molecule has 0 fully saturated rings. The molecule has 18 heavy (non-hydrogen) atoms. The molecule has 2 heterocycles. The Balaban J connectivity index is 2.21. The lowest BCUT2D eigenvalue weighted by Crippen LogP contribution is -2.37. The molecule has 2 rings (SSSR count). The number of thiocarbonyl (C=S) groups is 1. The summed E-state index contributed by atoms with van der Waals surface area (Å²) in [4.78, 5) is 15.2. The summed E-state index contributed by atoms with van der Waals surface area (Å²) in [6.07, 6.45) is 0.897. The van der Waals surface area contributed by atoms with Crippen LogP contribution in [0.15, 0.2) is 17.5 Å². The van der Waals surface area contributed by atoms with Crippen LogP contribution in [-0.2, 0) is 0 Å². The van der Waals surface area contributed by atoms with Crippen LogP contribution in [0.2, 0.25) is 0 Å². The van der Waals surface area contributed by atoms with Gasteiger partial charge in [-0.05, 0) is 23.9 Å². The Morgan fingerprint density at radius 1 is 1.50 bits per heavy atom. The molecule has 0 atom stereocenters. The first-order valence-electron chi connectivity index (χ1n) is 5.66. The van der Waals surface area contributed by atoms with E-state index in [1.54, 1.807) is 16.2 Å². The van der Waals surface area contributed by atoms with Gasteiger partial charge in [-0.3, -0.25) is 4.79 Å². The number of thiophene rings is 2. The minimum absolute atomic E-state index is 0.0260. The Hall–Kier alpha value is -0.980. The van der Waals surface area contributed by atoms with Gasteiger partial charge >= 0.3 is 0 Å². The van der Waals surface area contributed by atoms with E-state index in [1.807, 2.05) is 24.4 Å². The van der Waals surface area contributed by atoms with Gasteiger partial charge in [0.05, 0.1) is 16.4 Å². The van der Waals surface area contributed by atoms with E-state index in [0.717, 1.165) is 20.7 Å². The topological polar surface area (TPSA) is 46.3 Å². The van der Waals surface area contributed by atoms with Crippen LogP contribution in [-0.4, -0.2) is 28.9 Å². The van der Waals surface area contributed by atoms with Gasteiger partial charge in [-0.2, -0.15) is 0 Å². The number of rotatable bonds is 5. The first-order chi connectivity index (χ1) is 8.61. The standard InChI is InChI=1S/C12H14N2OS3/c1-2-4-14(7-11(13)16)12(15)10-6-9-8(18-10)3-5-17-9/h3,5-6H,2,4,7H2,1H3,(H2,13,16). The zero-order valence-electron chi connectivity index (χ0n) is 10.0. The van der Waals surface area contributed by atoms with Crippen molar-refractivity contribution in [3.8, 4) is 0 Å². The molecular formula is C12H14N2OS3. The van der Waals surface area contributed by atoms with Crippen LogP contribution in [0, 0.1) is 0 Å². The Bertz CT molecular complexity index is 544. The summed E-state index contributed by atoms with van der Waals surface area (Å²) >= 11 is 8.07. The van der Waals surface area contributed by atoms with Crippen LogP contribution in [0.1, 0.15) is 23.0 Å². The van der Waals surface area contributed by atoms with Crippen molar-refractivity contribution in [1.82, 2.24) is 4.90 Å². The summed E-state index contributed by atoms with van der Waals surface area (Å²) < 4.78 is 2.32. The molecule has 0 bridgehead atoms. The molecule has 0 aliphatic heterocycles. The third-order valence-corrected chi connectivity index (χ3v) is 4.69. The highest BCUT2D eigenvalue weighted by Gasteiger charge is 2.18. The fraction of sp³-hybridized carbons (Fsp3) is 0.333. The van der Waals surface area contributed by atoms with Crippen LogP contribution < -0.4 is 5.73 Å². The number of hydrogen-bond donors (Lipinski definition) is 1. The highest BCUT2D eigenvalue weighted by Crippen LogP contribution is 2.30. The largest absolute Gasteiger partial charge is 0.392 e. The first kappa shape index (κ1) is 13.5. The summed E-state index contributed by atoms with van der Waals surface area (Å²) in [6.45, 7) is 3.07. The quantitative estimate of drug-likeness (QED) is 0.863. The number of carbonyl (C=O) groups is 1. The van der Waals surface area contributed by atoms with Gasteiger partial charge in [0.1, 0.15) is 0 Å². The van der Waals surface area contributed by atoms with E-state index in [2.05, 4.69) is 0 Å². The second kappa shape index (κ2) is 5.77. The van der Waals surface area contributed by atoms with Gasteiger partial charge in [0.25, 0.3) is 5.91 Å². The zero-order valence-corrected chi connectivity index (χ0v) is 12.5. The molecule has 96 valence electrons. The lowest BCUT2D eigenvalue weighted by molar-refractivity contribution is 0.0785. The minimum Gasteiger partial charge on any atom is -0.392 e. The maximum absolute atomic E-state index is 12.4. The molecule has 0 aromatic carbocycles. The van der Waals surface area contributed by atoms with Gasteiger partial charge in [0, 0.05) is 15.9 Å². The molecule has 0 unspecified atom stereocenters. The van der Waals surface area contributed by atoms with Crippen molar-refractivity contribution in [3.05, 3.63) is 22.4 Å². The van der Waals surface area contributed by atoms with Gasteiger partial charge in [-0.15, -0.1) is 22.7 Å². The second-order valence-corrected chi connectivity index (χ2v) is 6.51. The Labute approximate surface area is 119 Å². The third kappa shape index (κ3) is 2.88. The number of fused-ring (bicyclic) bond motifs is 1. The van der Waals surface area contributed by atoms with E-state index in [0.29, 0.717) is 18.1 Å². The van der Waals surface area contributed by atoms with Crippen LogP contribution in [0.5, 0.6) is 0 Å². The Kier molecular flexibility index (Phi) is 4.31. The van der Waals surface area contributed by atoms with E-state index in [-0.39, 0.29) is 5.91 Å². The fourth-order valence-corrected chi connectivity index (χ4v) is 3.97. The predicted octanol–water partition coefficient (Wildman–Crippen LogP) is 3.10. The van der Waals surface area contributed by atoms with E-state index >= 15 is 0 Å². The molecule has 2 aromatic heterocycles. The highest BCUT2D eigenvalue weighted by molar-refractivity contribution is 7.80. The van der Waals surface area contributed by atoms with E-state index < -0.39 is 0 Å². The lowest BCUT2D eigenvalue weighted by atomic mass is 10.3. The summed E-state index contributed by atoms with van der Waals surface area (Å²) in [5.74, 6) is 0.0260. The monoisotopic (exact) mass is 298 g/mol. The molecule has 6 heteroatoms. The van der Waals surface area contributed by atoms with Crippen LogP contribution in [0.25, 0.3) is 9.40 Å². The number of hydrogen-bond acceptors (Lipinski definition) is 4. The molecule has 2 aromatic rings. The predicted molar refractivity (Wildman–Crippen MR) is 82.7 cm³/mol. The van der Waals surface area contributed by atoms with Crippen molar-refractivity contribution in [2.24, 2.45) is 5.73 Å². The van der Waals surface area contributed by atoms with Crippen LogP contribution >= 0.6 is 34.9 Å². The van der Waals surface area contributed by atoms with E-state index in [9.17, 15) is 4.79 Å². The average Bonchev–Trinajstić information content (AvgIpc) is 2.86. The minimum atomic E-state index is 0.0260. The summed E-state index contributed by atoms with van der Waals surface area (Å²) in [7, 11) is 0. The van der Waals surface area contributed by atoms with Crippen LogP contribution in [0.4, 0.5) is 0 Å². The molecule has 0 saturated heterocycles. The molecule has 1 amide bonds. The number of amides is 1. The molecule has 2 N–H and O–H groups in total. The maximum atomic E-state index is 12.4. The summed E-state index contributed by atoms with van der Waals surface area (Å²) in [5.41, 5.74) is 5.54. The number of nitrogens with zero attached hydrogens (tertiary/aromatic N) is 1. The zero-order chi connectivity index (χ0) is 13.1. The van der Waals surface area contributed by atoms with Gasteiger partial charge in [0.15, 0.2) is 0 Å². The van der Waals surface area contributed by atoms with Crippen molar-refractivity contribution in [2.45, 2.75) is 13.3 Å². The van der Waals surface area contributed by atoms with Crippen LogP contribution in [0.3, 0.4) is 0 Å². The normalized spacial score (nSPS) is 10.7. The van der Waals surface area contributed by atoms with Crippen molar-refractivity contribution in [1.29, 1.82) is 0 Å². The molecule has 0 spiro atoms. The summed E-state index contributed by atoms with van der Waals surface area (Å²) in [6, 6.07) is 3.99. The van der Waals surface area contributed by atoms with Crippen molar-refractivity contribution in [3.63, 3.8) is 0 Å². The third-order valence-electron chi connectivity index (χ3n) is 2.48. The van der Waals surface area contributed by atoms with Crippen molar-refractivity contribution < 1.29 is 4.79 Å². The molecule has 0 aliphatic carbocycles. The molecular weight excluding hydrogens is 284 g/mol. The number of carbonyl (C=O) groups excluding carboxylic acids is 1. The van der Waals surface area contributed by atoms with Gasteiger partial charge in [-0.1, -0.05) is 19.1 Å². The molecule has 3 nitrogen and oxygen atoms in total. The smallest absolute Gasteiger partial charge is 0.264 e. The Morgan fingerprint density at radius 2 is 2.28 bits per heavy atom. The van der Waals surface area contributed by atoms with Crippen molar-refractivity contribution in [2.75, 3.05) is 13.1 Å². The van der Waals surface area contributed by atoms with E-state index in [1.165, 1.54) is 11.3 Å². The van der Waals surface area contributed by atoms with Gasteiger partial charge in [0.2, 0.25) is 0 Å². The number of nitrogens with two attached hydrogens (primary N) is 1. The van der Waals surface area contributed by atoms with Crippen molar-refractivity contribution >= 4 is 55.2 Å².